The monoisotopic (exact) mass is 312 g/mol. The van der Waals surface area contributed by atoms with Gasteiger partial charge in [0.05, 0.1) is 0 Å². The summed E-state index contributed by atoms with van der Waals surface area (Å²) in [6.07, 6.45) is 2.91. The van der Waals surface area contributed by atoms with Gasteiger partial charge in [0.25, 0.3) is 0 Å². The highest BCUT2D eigenvalue weighted by molar-refractivity contribution is 9.10. The van der Waals surface area contributed by atoms with Gasteiger partial charge in [0.2, 0.25) is 5.91 Å². The van der Waals surface area contributed by atoms with Crippen molar-refractivity contribution < 1.29 is 4.79 Å². The normalized spacial score (nSPS) is 10.7. The number of rotatable bonds is 7. The van der Waals surface area contributed by atoms with E-state index >= 15 is 0 Å². The number of unbranched alkanes of at least 4 members (excludes halogenated alkanes) is 1. The molecule has 0 aliphatic rings. The number of nitrogens with one attached hydrogen (secondary N) is 1. The number of hydrogen-bond donors (Lipinski definition) is 1. The third-order valence-electron chi connectivity index (χ3n) is 2.72. The van der Waals surface area contributed by atoms with E-state index in [4.69, 9.17) is 0 Å². The lowest BCUT2D eigenvalue weighted by molar-refractivity contribution is -0.116. The highest BCUT2D eigenvalue weighted by Gasteiger charge is 2.05. The molecule has 0 saturated carbocycles. The van der Waals surface area contributed by atoms with Crippen LogP contribution in [0.4, 0.5) is 5.69 Å². The molecule has 1 aromatic rings. The Morgan fingerprint density at radius 2 is 2.17 bits per heavy atom. The number of halogens is 1. The van der Waals surface area contributed by atoms with Crippen molar-refractivity contribution >= 4 is 27.5 Å². The molecular formula is C14H21BrN2O. The summed E-state index contributed by atoms with van der Waals surface area (Å²) in [6.45, 7) is 4.04. The molecule has 0 aliphatic carbocycles. The molecule has 1 N–H and O–H groups in total. The number of amides is 1. The standard InChI is InChI=1S/C14H21BrN2O/c1-3-4-9-17(2)10-8-14(18)16-13-7-5-6-12(15)11-13/h5-7,11H,3-4,8-10H2,1-2H3,(H,16,18). The van der Waals surface area contributed by atoms with Crippen molar-refractivity contribution in [3.8, 4) is 0 Å². The Morgan fingerprint density at radius 3 is 2.83 bits per heavy atom. The Bertz CT molecular complexity index is 382. The van der Waals surface area contributed by atoms with Crippen molar-refractivity contribution in [3.05, 3.63) is 28.7 Å². The maximum atomic E-state index is 11.7. The first kappa shape index (κ1) is 15.2. The third kappa shape index (κ3) is 6.17. The largest absolute Gasteiger partial charge is 0.326 e. The van der Waals surface area contributed by atoms with E-state index in [1.807, 2.05) is 24.3 Å². The second kappa shape index (κ2) is 8.27. The van der Waals surface area contributed by atoms with Crippen LogP contribution in [0.2, 0.25) is 0 Å². The number of carbonyl (C=O) groups is 1. The van der Waals surface area contributed by atoms with Crippen LogP contribution in [0.15, 0.2) is 28.7 Å². The predicted molar refractivity (Wildman–Crippen MR) is 79.8 cm³/mol. The molecule has 0 bridgehead atoms. The van der Waals surface area contributed by atoms with E-state index in [0.29, 0.717) is 6.42 Å². The summed E-state index contributed by atoms with van der Waals surface area (Å²) in [5, 5.41) is 2.90. The first-order chi connectivity index (χ1) is 8.61. The van der Waals surface area contributed by atoms with Crippen LogP contribution in [0.25, 0.3) is 0 Å². The van der Waals surface area contributed by atoms with E-state index in [9.17, 15) is 4.79 Å². The number of carbonyl (C=O) groups excluding carboxylic acids is 1. The van der Waals surface area contributed by atoms with Crippen molar-refractivity contribution in [2.24, 2.45) is 0 Å². The van der Waals surface area contributed by atoms with Crippen molar-refractivity contribution in [2.45, 2.75) is 26.2 Å². The topological polar surface area (TPSA) is 32.3 Å². The van der Waals surface area contributed by atoms with Crippen molar-refractivity contribution in [2.75, 3.05) is 25.5 Å². The van der Waals surface area contributed by atoms with Gasteiger partial charge in [-0.25, -0.2) is 0 Å². The van der Waals surface area contributed by atoms with Gasteiger partial charge in [0.15, 0.2) is 0 Å². The molecule has 0 atom stereocenters. The van der Waals surface area contributed by atoms with Gasteiger partial charge >= 0.3 is 0 Å². The number of anilines is 1. The summed E-state index contributed by atoms with van der Waals surface area (Å²) in [6, 6.07) is 7.64. The van der Waals surface area contributed by atoms with E-state index in [0.717, 1.165) is 23.2 Å². The van der Waals surface area contributed by atoms with Crippen LogP contribution in [0.5, 0.6) is 0 Å². The minimum atomic E-state index is 0.0662. The zero-order valence-corrected chi connectivity index (χ0v) is 12.7. The lowest BCUT2D eigenvalue weighted by Gasteiger charge is -2.15. The van der Waals surface area contributed by atoms with Gasteiger partial charge in [0.1, 0.15) is 0 Å². The molecule has 0 unspecified atom stereocenters. The molecule has 0 aliphatic heterocycles. The lowest BCUT2D eigenvalue weighted by Crippen LogP contribution is -2.25. The van der Waals surface area contributed by atoms with E-state index in [1.165, 1.54) is 12.8 Å². The molecule has 1 rings (SSSR count). The van der Waals surface area contributed by atoms with Crippen LogP contribution in [0.1, 0.15) is 26.2 Å². The highest BCUT2D eigenvalue weighted by Crippen LogP contribution is 2.15. The zero-order valence-electron chi connectivity index (χ0n) is 11.1. The van der Waals surface area contributed by atoms with Gasteiger partial charge in [-0.1, -0.05) is 35.3 Å². The Kier molecular flexibility index (Phi) is 6.98. The zero-order chi connectivity index (χ0) is 13.4. The fourth-order valence-corrected chi connectivity index (χ4v) is 2.02. The van der Waals surface area contributed by atoms with Gasteiger partial charge in [0, 0.05) is 23.1 Å². The minimum absolute atomic E-state index is 0.0662. The lowest BCUT2D eigenvalue weighted by atomic mass is 10.3. The Labute approximate surface area is 118 Å². The summed E-state index contributed by atoms with van der Waals surface area (Å²) in [7, 11) is 2.06. The molecule has 18 heavy (non-hydrogen) atoms. The van der Waals surface area contributed by atoms with Crippen molar-refractivity contribution in [3.63, 3.8) is 0 Å². The molecule has 1 amide bonds. The molecule has 0 aromatic heterocycles. The molecule has 0 radical (unpaired) electrons. The van der Waals surface area contributed by atoms with Crippen molar-refractivity contribution in [1.82, 2.24) is 4.90 Å². The van der Waals surface area contributed by atoms with Gasteiger partial charge in [-0.15, -0.1) is 0 Å². The van der Waals surface area contributed by atoms with Crippen LogP contribution >= 0.6 is 15.9 Å². The average Bonchev–Trinajstić information content (AvgIpc) is 2.34. The third-order valence-corrected chi connectivity index (χ3v) is 3.22. The van der Waals surface area contributed by atoms with Gasteiger partial charge in [-0.05, 0) is 38.2 Å². The summed E-state index contributed by atoms with van der Waals surface area (Å²) in [5.41, 5.74) is 0.839. The van der Waals surface area contributed by atoms with Crippen LogP contribution < -0.4 is 5.32 Å². The molecule has 0 fully saturated rings. The maximum absolute atomic E-state index is 11.7. The predicted octanol–water partition coefficient (Wildman–Crippen LogP) is 3.51. The first-order valence-corrected chi connectivity index (χ1v) is 7.15. The Hall–Kier alpha value is -0.870. The maximum Gasteiger partial charge on any atom is 0.225 e. The minimum Gasteiger partial charge on any atom is -0.326 e. The molecule has 0 heterocycles. The molecule has 100 valence electrons. The Morgan fingerprint density at radius 1 is 1.39 bits per heavy atom. The average molecular weight is 313 g/mol. The van der Waals surface area contributed by atoms with Crippen LogP contribution in [0.3, 0.4) is 0 Å². The second-order valence-corrected chi connectivity index (χ2v) is 5.38. The van der Waals surface area contributed by atoms with Gasteiger partial charge in [-0.2, -0.15) is 0 Å². The second-order valence-electron chi connectivity index (χ2n) is 4.47. The number of nitrogens with zero attached hydrogens (tertiary/aromatic N) is 1. The number of hydrogen-bond acceptors (Lipinski definition) is 2. The van der Waals surface area contributed by atoms with Crippen LogP contribution in [-0.4, -0.2) is 30.9 Å². The molecule has 4 heteroatoms. The summed E-state index contributed by atoms with van der Waals surface area (Å²) < 4.78 is 0.973. The summed E-state index contributed by atoms with van der Waals surface area (Å²) in [4.78, 5) is 13.9. The molecule has 0 spiro atoms. The van der Waals surface area contributed by atoms with E-state index < -0.39 is 0 Å². The van der Waals surface area contributed by atoms with E-state index in [2.05, 4.69) is 40.1 Å². The SMILES string of the molecule is CCCCN(C)CCC(=O)Nc1cccc(Br)c1. The fourth-order valence-electron chi connectivity index (χ4n) is 1.62. The highest BCUT2D eigenvalue weighted by atomic mass is 79.9. The molecule has 1 aromatic carbocycles. The van der Waals surface area contributed by atoms with Gasteiger partial charge in [-0.3, -0.25) is 4.79 Å². The quantitative estimate of drug-likeness (QED) is 0.835. The number of benzene rings is 1. The van der Waals surface area contributed by atoms with E-state index in [-0.39, 0.29) is 5.91 Å². The molecule has 0 saturated heterocycles. The summed E-state index contributed by atoms with van der Waals surface area (Å²) >= 11 is 3.38. The van der Waals surface area contributed by atoms with Gasteiger partial charge < -0.3 is 10.2 Å². The first-order valence-electron chi connectivity index (χ1n) is 6.35. The van der Waals surface area contributed by atoms with Crippen LogP contribution in [0, 0.1) is 0 Å². The van der Waals surface area contributed by atoms with E-state index in [1.54, 1.807) is 0 Å². The smallest absolute Gasteiger partial charge is 0.225 e. The van der Waals surface area contributed by atoms with Crippen LogP contribution in [-0.2, 0) is 4.79 Å². The molecular weight excluding hydrogens is 292 g/mol. The fraction of sp³-hybridized carbons (Fsp3) is 0.500. The van der Waals surface area contributed by atoms with Crippen molar-refractivity contribution in [1.29, 1.82) is 0 Å². The molecule has 3 nitrogen and oxygen atoms in total. The Balaban J connectivity index is 2.29. The summed E-state index contributed by atoms with van der Waals surface area (Å²) in [5.74, 6) is 0.0662.